The highest BCUT2D eigenvalue weighted by Gasteiger charge is 2.14. The number of hydrogen-bond donors (Lipinski definition) is 1. The van der Waals surface area contributed by atoms with Crippen LogP contribution in [-0.2, 0) is 0 Å². The van der Waals surface area contributed by atoms with Crippen LogP contribution in [0.2, 0.25) is 0 Å². The van der Waals surface area contributed by atoms with Crippen molar-refractivity contribution in [1.29, 1.82) is 0 Å². The van der Waals surface area contributed by atoms with Gasteiger partial charge in [0.2, 0.25) is 0 Å². The lowest BCUT2D eigenvalue weighted by atomic mass is 10.1. The third kappa shape index (κ3) is 2.80. The Bertz CT molecular complexity index is 517. The van der Waals surface area contributed by atoms with Crippen LogP contribution in [0, 0.1) is 0 Å². The molecule has 1 heterocycles. The first-order valence-electron chi connectivity index (χ1n) is 5.58. The molecule has 0 amide bonds. The number of hydrogen-bond acceptors (Lipinski definition) is 5. The lowest BCUT2D eigenvalue weighted by Crippen LogP contribution is -2.08. The summed E-state index contributed by atoms with van der Waals surface area (Å²) in [6, 6.07) is 5.78. The molecule has 94 valence electrons. The first-order chi connectivity index (χ1) is 8.72. The Morgan fingerprint density at radius 3 is 2.78 bits per heavy atom. The van der Waals surface area contributed by atoms with Crippen LogP contribution in [0.25, 0.3) is 0 Å². The average Bonchev–Trinajstić information content (AvgIpc) is 2.39. The van der Waals surface area contributed by atoms with Gasteiger partial charge < -0.3 is 10.5 Å². The Balaban J connectivity index is 2.38. The zero-order valence-corrected chi connectivity index (χ0v) is 11.1. The van der Waals surface area contributed by atoms with Crippen molar-refractivity contribution in [1.82, 2.24) is 9.97 Å². The van der Waals surface area contributed by atoms with Gasteiger partial charge in [-0.15, -0.1) is 0 Å². The molecule has 0 aliphatic rings. The summed E-state index contributed by atoms with van der Waals surface area (Å²) in [5.41, 5.74) is 7.01. The molecule has 0 bridgehead atoms. The average molecular weight is 261 g/mol. The van der Waals surface area contributed by atoms with E-state index in [1.165, 1.54) is 11.8 Å². The zero-order chi connectivity index (χ0) is 13.0. The van der Waals surface area contributed by atoms with Gasteiger partial charge in [-0.1, -0.05) is 17.8 Å². The molecule has 5 heteroatoms. The molecule has 2 rings (SSSR count). The molecule has 0 fully saturated rings. The predicted molar refractivity (Wildman–Crippen MR) is 71.8 cm³/mol. The molecular formula is C13H15N3OS. The Labute approximate surface area is 111 Å². The van der Waals surface area contributed by atoms with Gasteiger partial charge in [0.05, 0.1) is 13.3 Å². The summed E-state index contributed by atoms with van der Waals surface area (Å²) in [6.45, 7) is 1.94. The molecule has 0 saturated heterocycles. The van der Waals surface area contributed by atoms with Gasteiger partial charge in [-0.3, -0.25) is 4.98 Å². The second kappa shape index (κ2) is 5.84. The smallest absolute Gasteiger partial charge is 0.124 e. The molecule has 0 aliphatic carbocycles. The number of benzene rings is 1. The second-order valence-electron chi connectivity index (χ2n) is 3.81. The van der Waals surface area contributed by atoms with E-state index in [1.54, 1.807) is 25.7 Å². The molecule has 2 aromatic rings. The fraction of sp³-hybridized carbons (Fsp3) is 0.231. The molecule has 0 unspecified atom stereocenters. The molecule has 0 aliphatic heterocycles. The highest BCUT2D eigenvalue weighted by atomic mass is 32.2. The number of nitrogens with zero attached hydrogens (tertiary/aromatic N) is 2. The summed E-state index contributed by atoms with van der Waals surface area (Å²) in [5, 5.41) is 0.840. The number of ether oxygens (including phenoxy) is 1. The van der Waals surface area contributed by atoms with Gasteiger partial charge in [-0.05, 0) is 19.1 Å². The fourth-order valence-corrected chi connectivity index (χ4v) is 2.69. The Hall–Kier alpha value is -1.59. The van der Waals surface area contributed by atoms with Crippen LogP contribution >= 0.6 is 11.8 Å². The van der Waals surface area contributed by atoms with Crippen molar-refractivity contribution < 1.29 is 4.74 Å². The molecule has 2 N–H and O–H groups in total. The predicted octanol–water partition coefficient (Wildman–Crippen LogP) is 2.66. The minimum Gasteiger partial charge on any atom is -0.496 e. The van der Waals surface area contributed by atoms with Gasteiger partial charge in [-0.2, -0.15) is 0 Å². The van der Waals surface area contributed by atoms with E-state index in [0.29, 0.717) is 0 Å². The van der Waals surface area contributed by atoms with Crippen molar-refractivity contribution in [3.63, 3.8) is 0 Å². The maximum Gasteiger partial charge on any atom is 0.124 e. The summed E-state index contributed by atoms with van der Waals surface area (Å²) in [7, 11) is 1.65. The van der Waals surface area contributed by atoms with Crippen molar-refractivity contribution in [2.45, 2.75) is 22.9 Å². The molecular weight excluding hydrogens is 246 g/mol. The largest absolute Gasteiger partial charge is 0.496 e. The van der Waals surface area contributed by atoms with Crippen LogP contribution in [0.15, 0.2) is 46.7 Å². The normalized spacial score (nSPS) is 12.2. The molecule has 1 aromatic carbocycles. The van der Waals surface area contributed by atoms with Crippen molar-refractivity contribution in [2.75, 3.05) is 7.11 Å². The Morgan fingerprint density at radius 2 is 2.17 bits per heavy atom. The lowest BCUT2D eigenvalue weighted by Gasteiger charge is -2.15. The molecule has 0 saturated carbocycles. The third-order valence-corrected chi connectivity index (χ3v) is 3.45. The van der Waals surface area contributed by atoms with E-state index in [1.807, 2.05) is 25.1 Å². The molecule has 18 heavy (non-hydrogen) atoms. The van der Waals surface area contributed by atoms with Crippen molar-refractivity contribution in [3.8, 4) is 5.75 Å². The fourth-order valence-electron chi connectivity index (χ4n) is 1.69. The van der Waals surface area contributed by atoms with Crippen LogP contribution in [0.3, 0.4) is 0 Å². The van der Waals surface area contributed by atoms with Gasteiger partial charge in [-0.25, -0.2) is 4.98 Å². The maximum atomic E-state index is 6.02. The zero-order valence-electron chi connectivity index (χ0n) is 10.3. The van der Waals surface area contributed by atoms with Crippen LogP contribution in [-0.4, -0.2) is 17.1 Å². The summed E-state index contributed by atoms with van der Waals surface area (Å²) < 4.78 is 5.36. The second-order valence-corrected chi connectivity index (χ2v) is 4.87. The summed E-state index contributed by atoms with van der Waals surface area (Å²) in [5.74, 6) is 0.805. The van der Waals surface area contributed by atoms with Crippen molar-refractivity contribution in [3.05, 3.63) is 42.4 Å². The number of rotatable bonds is 4. The number of methoxy groups -OCH3 is 1. The Kier molecular flexibility index (Phi) is 4.17. The highest BCUT2D eigenvalue weighted by Crippen LogP contribution is 2.36. The first-order valence-corrected chi connectivity index (χ1v) is 6.40. The van der Waals surface area contributed by atoms with E-state index in [4.69, 9.17) is 10.5 Å². The van der Waals surface area contributed by atoms with E-state index >= 15 is 0 Å². The number of aromatic nitrogens is 2. The molecule has 0 radical (unpaired) electrons. The van der Waals surface area contributed by atoms with E-state index in [2.05, 4.69) is 9.97 Å². The number of nitrogens with two attached hydrogens (primary N) is 1. The topological polar surface area (TPSA) is 61.0 Å². The minimum absolute atomic E-state index is 0.0969. The Morgan fingerprint density at radius 1 is 1.33 bits per heavy atom. The van der Waals surface area contributed by atoms with Crippen LogP contribution in [0.5, 0.6) is 5.75 Å². The minimum atomic E-state index is -0.0969. The lowest BCUT2D eigenvalue weighted by molar-refractivity contribution is 0.405. The quantitative estimate of drug-likeness (QED) is 0.916. The van der Waals surface area contributed by atoms with Crippen molar-refractivity contribution >= 4 is 11.8 Å². The van der Waals surface area contributed by atoms with E-state index < -0.39 is 0 Å². The first kappa shape index (κ1) is 12.9. The van der Waals surface area contributed by atoms with Crippen LogP contribution < -0.4 is 10.5 Å². The maximum absolute atomic E-state index is 6.02. The SMILES string of the molecule is COc1cccc(Sc2cnccn2)c1[C@@H](C)N. The standard InChI is InChI=1S/C13H15N3OS/c1-9(14)13-10(17-2)4-3-5-11(13)18-12-8-15-6-7-16-12/h3-9H,14H2,1-2H3/t9-/m1/s1. The highest BCUT2D eigenvalue weighted by molar-refractivity contribution is 7.99. The van der Waals surface area contributed by atoms with Gasteiger partial charge in [0.15, 0.2) is 0 Å². The van der Waals surface area contributed by atoms with Gasteiger partial charge >= 0.3 is 0 Å². The monoisotopic (exact) mass is 261 g/mol. The van der Waals surface area contributed by atoms with Gasteiger partial charge in [0.1, 0.15) is 10.8 Å². The van der Waals surface area contributed by atoms with Crippen LogP contribution in [0.1, 0.15) is 18.5 Å². The van der Waals surface area contributed by atoms with Gasteiger partial charge in [0.25, 0.3) is 0 Å². The third-order valence-electron chi connectivity index (χ3n) is 2.46. The van der Waals surface area contributed by atoms with Gasteiger partial charge in [0, 0.05) is 28.9 Å². The van der Waals surface area contributed by atoms with Crippen LogP contribution in [0.4, 0.5) is 0 Å². The molecule has 1 aromatic heterocycles. The summed E-state index contributed by atoms with van der Waals surface area (Å²) in [4.78, 5) is 9.35. The van der Waals surface area contributed by atoms with E-state index in [0.717, 1.165) is 21.2 Å². The molecule has 1 atom stereocenters. The summed E-state index contributed by atoms with van der Waals surface area (Å²) >= 11 is 1.54. The molecule has 0 spiro atoms. The van der Waals surface area contributed by atoms with E-state index in [9.17, 15) is 0 Å². The molecule has 4 nitrogen and oxygen atoms in total. The van der Waals surface area contributed by atoms with E-state index in [-0.39, 0.29) is 6.04 Å². The summed E-state index contributed by atoms with van der Waals surface area (Å²) in [6.07, 6.45) is 5.06. The van der Waals surface area contributed by atoms with Crippen molar-refractivity contribution in [2.24, 2.45) is 5.73 Å².